The first kappa shape index (κ1) is 18.8. The van der Waals surface area contributed by atoms with E-state index >= 15 is 0 Å². The predicted octanol–water partition coefficient (Wildman–Crippen LogP) is 3.61. The van der Waals surface area contributed by atoms with Crippen molar-refractivity contribution in [1.82, 2.24) is 0 Å². The van der Waals surface area contributed by atoms with Crippen molar-refractivity contribution >= 4 is 11.6 Å². The molecule has 0 spiro atoms. The average molecular weight is 280 g/mol. The Bertz CT molecular complexity index is 412. The van der Waals surface area contributed by atoms with Crippen molar-refractivity contribution in [2.24, 2.45) is 5.41 Å². The third kappa shape index (κ3) is 6.29. The first-order valence-electron chi connectivity index (χ1n) is 7.20. The third-order valence-electron chi connectivity index (χ3n) is 3.32. The van der Waals surface area contributed by atoms with Gasteiger partial charge in [-0.2, -0.15) is 0 Å². The summed E-state index contributed by atoms with van der Waals surface area (Å²) in [6.45, 7) is 11.2. The Morgan fingerprint density at radius 3 is 2.25 bits per heavy atom. The zero-order chi connectivity index (χ0) is 15.9. The fraction of sp³-hybridized carbons (Fsp3) is 0.647. The minimum absolute atomic E-state index is 0.0804. The normalized spacial score (nSPS) is 18.1. The Hall–Kier alpha value is -1.22. The van der Waals surface area contributed by atoms with Gasteiger partial charge in [0.1, 0.15) is 5.78 Å². The molecule has 3 nitrogen and oxygen atoms in total. The van der Waals surface area contributed by atoms with Crippen LogP contribution in [-0.4, -0.2) is 22.8 Å². The van der Waals surface area contributed by atoms with Gasteiger partial charge in [0.2, 0.25) is 0 Å². The number of hydrogen-bond acceptors (Lipinski definition) is 3. The summed E-state index contributed by atoms with van der Waals surface area (Å²) in [5.41, 5.74) is 1.83. The fourth-order valence-corrected chi connectivity index (χ4v) is 2.22. The van der Waals surface area contributed by atoms with Crippen molar-refractivity contribution in [2.75, 3.05) is 0 Å². The summed E-state index contributed by atoms with van der Waals surface area (Å²) in [7, 11) is 0. The molecule has 0 bridgehead atoms. The Morgan fingerprint density at radius 1 is 1.40 bits per heavy atom. The van der Waals surface area contributed by atoms with Crippen LogP contribution in [0.4, 0.5) is 0 Å². The second-order valence-corrected chi connectivity index (χ2v) is 6.08. The van der Waals surface area contributed by atoms with E-state index in [0.717, 1.165) is 17.6 Å². The Kier molecular flexibility index (Phi) is 7.66. The van der Waals surface area contributed by atoms with Gasteiger partial charge in [-0.15, -0.1) is 0 Å². The van der Waals surface area contributed by atoms with Crippen LogP contribution in [0.15, 0.2) is 23.3 Å². The van der Waals surface area contributed by atoms with Crippen molar-refractivity contribution in [3.63, 3.8) is 0 Å². The molecule has 1 atom stereocenters. The van der Waals surface area contributed by atoms with Gasteiger partial charge in [-0.05, 0) is 38.2 Å². The molecule has 1 unspecified atom stereocenters. The minimum atomic E-state index is -0.556. The predicted molar refractivity (Wildman–Crippen MR) is 82.5 cm³/mol. The number of aliphatic hydroxyl groups is 1. The highest BCUT2D eigenvalue weighted by Gasteiger charge is 2.31. The van der Waals surface area contributed by atoms with E-state index in [-0.39, 0.29) is 23.4 Å². The van der Waals surface area contributed by atoms with Gasteiger partial charge in [0.05, 0.1) is 6.10 Å². The van der Waals surface area contributed by atoms with E-state index in [1.54, 1.807) is 13.8 Å². The standard InChI is InChI=1S/C13H20O2.C4H8O/c1-9-6-5-7-13(3,4)12(9)11(15)8-10(2)14;1-3-4(2)5/h5-6,10,14H,7-8H2,1-4H3;3H2,1-2H3. The van der Waals surface area contributed by atoms with Gasteiger partial charge >= 0.3 is 0 Å². The Labute approximate surface area is 122 Å². The van der Waals surface area contributed by atoms with Crippen LogP contribution >= 0.6 is 0 Å². The molecule has 114 valence electrons. The average Bonchev–Trinajstić information content (AvgIpc) is 2.27. The number of carbonyl (C=O) groups excluding carboxylic acids is 2. The molecule has 0 aromatic heterocycles. The number of ketones is 2. The zero-order valence-electron chi connectivity index (χ0n) is 13.6. The van der Waals surface area contributed by atoms with E-state index in [9.17, 15) is 14.7 Å². The smallest absolute Gasteiger partial charge is 0.162 e. The van der Waals surface area contributed by atoms with Crippen molar-refractivity contribution in [3.05, 3.63) is 23.3 Å². The second-order valence-electron chi connectivity index (χ2n) is 6.08. The lowest BCUT2D eigenvalue weighted by Crippen LogP contribution is -2.26. The molecular weight excluding hydrogens is 252 g/mol. The maximum absolute atomic E-state index is 12.0. The Balaban J connectivity index is 0.000000621. The maximum atomic E-state index is 12.0. The van der Waals surface area contributed by atoms with Crippen LogP contribution in [0.3, 0.4) is 0 Å². The van der Waals surface area contributed by atoms with Crippen LogP contribution in [0.5, 0.6) is 0 Å². The number of Topliss-reactive ketones (excluding diaryl/α,β-unsaturated/α-hetero) is 2. The maximum Gasteiger partial charge on any atom is 0.162 e. The highest BCUT2D eigenvalue weighted by Crippen LogP contribution is 2.37. The summed E-state index contributed by atoms with van der Waals surface area (Å²) in [5.74, 6) is 0.335. The van der Waals surface area contributed by atoms with E-state index < -0.39 is 6.10 Å². The number of carbonyl (C=O) groups is 2. The Morgan fingerprint density at radius 2 is 1.90 bits per heavy atom. The molecule has 3 heteroatoms. The van der Waals surface area contributed by atoms with Crippen LogP contribution in [-0.2, 0) is 9.59 Å². The third-order valence-corrected chi connectivity index (χ3v) is 3.32. The van der Waals surface area contributed by atoms with Gasteiger partial charge in [-0.1, -0.05) is 32.9 Å². The van der Waals surface area contributed by atoms with E-state index in [0.29, 0.717) is 6.42 Å². The first-order valence-corrected chi connectivity index (χ1v) is 7.20. The van der Waals surface area contributed by atoms with Crippen molar-refractivity contribution in [3.8, 4) is 0 Å². The summed E-state index contributed by atoms with van der Waals surface area (Å²) >= 11 is 0. The second kappa shape index (κ2) is 8.15. The summed E-state index contributed by atoms with van der Waals surface area (Å²) in [5, 5.41) is 9.25. The van der Waals surface area contributed by atoms with Gasteiger partial charge in [0, 0.05) is 18.4 Å². The van der Waals surface area contributed by atoms with Crippen LogP contribution in [0.1, 0.15) is 60.8 Å². The molecule has 0 amide bonds. The van der Waals surface area contributed by atoms with Crippen LogP contribution in [0.25, 0.3) is 0 Å². The first-order chi connectivity index (χ1) is 9.11. The molecule has 0 saturated heterocycles. The van der Waals surface area contributed by atoms with Crippen molar-refractivity contribution < 1.29 is 14.7 Å². The summed E-state index contributed by atoms with van der Waals surface area (Å²) in [6.07, 6.45) is 5.34. The molecule has 0 fully saturated rings. The lowest BCUT2D eigenvalue weighted by atomic mass is 9.73. The van der Waals surface area contributed by atoms with Crippen LogP contribution in [0, 0.1) is 5.41 Å². The molecule has 0 aliphatic heterocycles. The minimum Gasteiger partial charge on any atom is -0.393 e. The van der Waals surface area contributed by atoms with Crippen LogP contribution < -0.4 is 0 Å². The largest absolute Gasteiger partial charge is 0.393 e. The van der Waals surface area contributed by atoms with Gasteiger partial charge < -0.3 is 9.90 Å². The SMILES string of the molecule is CC1=C(C(=O)CC(C)O)C(C)(C)CC=C1.CCC(C)=O. The van der Waals surface area contributed by atoms with E-state index in [2.05, 4.69) is 19.9 Å². The van der Waals surface area contributed by atoms with Crippen LogP contribution in [0.2, 0.25) is 0 Å². The van der Waals surface area contributed by atoms with E-state index in [4.69, 9.17) is 0 Å². The number of aliphatic hydroxyl groups excluding tert-OH is 1. The lowest BCUT2D eigenvalue weighted by molar-refractivity contribution is -0.118. The topological polar surface area (TPSA) is 54.4 Å². The highest BCUT2D eigenvalue weighted by atomic mass is 16.3. The van der Waals surface area contributed by atoms with Gasteiger partial charge in [-0.25, -0.2) is 0 Å². The van der Waals surface area contributed by atoms with E-state index in [1.807, 2.05) is 19.9 Å². The van der Waals surface area contributed by atoms with E-state index in [1.165, 1.54) is 0 Å². The molecule has 0 heterocycles. The molecule has 0 saturated carbocycles. The molecule has 0 aromatic carbocycles. The van der Waals surface area contributed by atoms with Gasteiger partial charge in [0.25, 0.3) is 0 Å². The van der Waals surface area contributed by atoms with Crippen molar-refractivity contribution in [1.29, 1.82) is 0 Å². The monoisotopic (exact) mass is 280 g/mol. The lowest BCUT2D eigenvalue weighted by Gasteiger charge is -2.30. The fourth-order valence-electron chi connectivity index (χ4n) is 2.22. The molecule has 0 aromatic rings. The quantitative estimate of drug-likeness (QED) is 0.855. The molecule has 20 heavy (non-hydrogen) atoms. The number of allylic oxidation sites excluding steroid dienone is 4. The van der Waals surface area contributed by atoms with Crippen molar-refractivity contribution in [2.45, 2.75) is 66.9 Å². The van der Waals surface area contributed by atoms with Gasteiger partial charge in [0.15, 0.2) is 5.78 Å². The molecule has 0 radical (unpaired) electrons. The molecule has 1 aliphatic rings. The highest BCUT2D eigenvalue weighted by molar-refractivity contribution is 5.98. The molecule has 1 rings (SSSR count). The number of hydrogen-bond donors (Lipinski definition) is 1. The van der Waals surface area contributed by atoms with Gasteiger partial charge in [-0.3, -0.25) is 4.79 Å². The zero-order valence-corrected chi connectivity index (χ0v) is 13.6. The molecule has 1 N–H and O–H groups in total. The summed E-state index contributed by atoms with van der Waals surface area (Å²) < 4.78 is 0. The number of rotatable bonds is 4. The summed E-state index contributed by atoms with van der Waals surface area (Å²) in [6, 6.07) is 0. The molecular formula is C17H28O3. The summed E-state index contributed by atoms with van der Waals surface area (Å²) in [4.78, 5) is 21.8. The molecule has 1 aliphatic carbocycles.